The predicted octanol–water partition coefficient (Wildman–Crippen LogP) is 0.586. The normalized spacial score (nSPS) is 16.6. The summed E-state index contributed by atoms with van der Waals surface area (Å²) in [6.07, 6.45) is 1.89. The van der Waals surface area contributed by atoms with Crippen molar-refractivity contribution in [3.05, 3.63) is 29.8 Å². The Hall–Kier alpha value is -0.910. The molecule has 1 aromatic carbocycles. The first-order valence-corrected chi connectivity index (χ1v) is 6.41. The highest BCUT2D eigenvalue weighted by Gasteiger charge is 2.27. The molecule has 15 heavy (non-hydrogen) atoms. The minimum Gasteiger partial charge on any atom is -0.326 e. The van der Waals surface area contributed by atoms with E-state index in [1.54, 1.807) is 24.3 Å². The number of rotatable bonds is 4. The second kappa shape index (κ2) is 3.92. The number of hydrogen-bond acceptors (Lipinski definition) is 3. The fourth-order valence-corrected chi connectivity index (χ4v) is 2.60. The smallest absolute Gasteiger partial charge is 0.240 e. The number of nitrogens with two attached hydrogens (primary N) is 1. The molecule has 1 aromatic rings. The van der Waals surface area contributed by atoms with E-state index in [0.29, 0.717) is 11.4 Å². The van der Waals surface area contributed by atoms with Crippen LogP contribution in [0.5, 0.6) is 0 Å². The van der Waals surface area contributed by atoms with Crippen LogP contribution in [0.1, 0.15) is 18.4 Å². The van der Waals surface area contributed by atoms with Gasteiger partial charge in [-0.15, -0.1) is 0 Å². The third-order valence-electron chi connectivity index (χ3n) is 2.37. The van der Waals surface area contributed by atoms with Gasteiger partial charge in [-0.25, -0.2) is 13.1 Å². The molecule has 3 N–H and O–H groups in total. The summed E-state index contributed by atoms with van der Waals surface area (Å²) in [4.78, 5) is 0.312. The van der Waals surface area contributed by atoms with Gasteiger partial charge in [0, 0.05) is 12.6 Å². The Labute approximate surface area is 89.5 Å². The molecule has 0 bridgehead atoms. The zero-order chi connectivity index (χ0) is 10.9. The van der Waals surface area contributed by atoms with Crippen molar-refractivity contribution in [2.45, 2.75) is 30.3 Å². The SMILES string of the molecule is NCc1ccc(S(=O)(=O)NC2CC2)cc1. The minimum absolute atomic E-state index is 0.143. The Kier molecular flexibility index (Phi) is 2.77. The summed E-state index contributed by atoms with van der Waals surface area (Å²) < 4.78 is 26.1. The van der Waals surface area contributed by atoms with Gasteiger partial charge < -0.3 is 5.73 Å². The van der Waals surface area contributed by atoms with Gasteiger partial charge in [-0.1, -0.05) is 12.1 Å². The molecular weight excluding hydrogens is 212 g/mol. The molecule has 1 aliphatic rings. The van der Waals surface area contributed by atoms with Crippen LogP contribution < -0.4 is 10.5 Å². The minimum atomic E-state index is -3.31. The largest absolute Gasteiger partial charge is 0.326 e. The van der Waals surface area contributed by atoms with Crippen LogP contribution in [0.2, 0.25) is 0 Å². The van der Waals surface area contributed by atoms with Crippen molar-refractivity contribution >= 4 is 10.0 Å². The van der Waals surface area contributed by atoms with Crippen LogP contribution >= 0.6 is 0 Å². The van der Waals surface area contributed by atoms with E-state index in [2.05, 4.69) is 4.72 Å². The maximum absolute atomic E-state index is 11.7. The molecule has 0 aromatic heterocycles. The third-order valence-corrected chi connectivity index (χ3v) is 3.90. The van der Waals surface area contributed by atoms with E-state index in [-0.39, 0.29) is 6.04 Å². The van der Waals surface area contributed by atoms with Crippen LogP contribution in [0.3, 0.4) is 0 Å². The lowest BCUT2D eigenvalue weighted by atomic mass is 10.2. The zero-order valence-electron chi connectivity index (χ0n) is 8.31. The van der Waals surface area contributed by atoms with Crippen LogP contribution in [0.15, 0.2) is 29.2 Å². The van der Waals surface area contributed by atoms with E-state index in [0.717, 1.165) is 18.4 Å². The zero-order valence-corrected chi connectivity index (χ0v) is 9.13. The van der Waals surface area contributed by atoms with Gasteiger partial charge in [0.15, 0.2) is 0 Å². The molecule has 0 aliphatic heterocycles. The van der Waals surface area contributed by atoms with Crippen molar-refractivity contribution in [2.24, 2.45) is 5.73 Å². The average molecular weight is 226 g/mol. The average Bonchev–Trinajstić information content (AvgIpc) is 3.01. The third kappa shape index (κ3) is 2.56. The first kappa shape index (κ1) is 10.6. The summed E-state index contributed by atoms with van der Waals surface area (Å²) in [6.45, 7) is 0.427. The van der Waals surface area contributed by atoms with Gasteiger partial charge in [-0.05, 0) is 30.5 Å². The van der Waals surface area contributed by atoms with Gasteiger partial charge in [-0.2, -0.15) is 0 Å². The second-order valence-electron chi connectivity index (χ2n) is 3.74. The summed E-state index contributed by atoms with van der Waals surface area (Å²) in [7, 11) is -3.31. The van der Waals surface area contributed by atoms with Crippen LogP contribution in [0.25, 0.3) is 0 Å². The van der Waals surface area contributed by atoms with Crippen LogP contribution in [0, 0.1) is 0 Å². The van der Waals surface area contributed by atoms with Crippen LogP contribution in [0.4, 0.5) is 0 Å². The standard InChI is InChI=1S/C10H14N2O2S/c11-7-8-1-5-10(6-2-8)15(13,14)12-9-3-4-9/h1-2,5-6,9,12H,3-4,7,11H2. The summed E-state index contributed by atoms with van der Waals surface area (Å²) in [5, 5.41) is 0. The van der Waals surface area contributed by atoms with E-state index in [1.807, 2.05) is 0 Å². The highest BCUT2D eigenvalue weighted by Crippen LogP contribution is 2.22. The van der Waals surface area contributed by atoms with Crippen molar-refractivity contribution in [1.29, 1.82) is 0 Å². The molecule has 1 aliphatic carbocycles. The Morgan fingerprint density at radius 1 is 1.27 bits per heavy atom. The summed E-state index contributed by atoms with van der Waals surface area (Å²) in [5.74, 6) is 0. The molecule has 2 rings (SSSR count). The quantitative estimate of drug-likeness (QED) is 0.789. The molecular formula is C10H14N2O2S. The van der Waals surface area contributed by atoms with Crippen LogP contribution in [-0.4, -0.2) is 14.5 Å². The lowest BCUT2D eigenvalue weighted by molar-refractivity contribution is 0.581. The van der Waals surface area contributed by atoms with Crippen molar-refractivity contribution in [2.75, 3.05) is 0 Å². The molecule has 4 nitrogen and oxygen atoms in total. The number of benzene rings is 1. The highest BCUT2D eigenvalue weighted by molar-refractivity contribution is 7.89. The molecule has 0 heterocycles. The molecule has 0 radical (unpaired) electrons. The molecule has 1 fully saturated rings. The molecule has 0 spiro atoms. The second-order valence-corrected chi connectivity index (χ2v) is 5.46. The van der Waals surface area contributed by atoms with E-state index in [4.69, 9.17) is 5.73 Å². The van der Waals surface area contributed by atoms with E-state index < -0.39 is 10.0 Å². The molecule has 1 saturated carbocycles. The highest BCUT2D eigenvalue weighted by atomic mass is 32.2. The lowest BCUT2D eigenvalue weighted by Crippen LogP contribution is -2.25. The Balaban J connectivity index is 2.19. The maximum atomic E-state index is 11.7. The lowest BCUT2D eigenvalue weighted by Gasteiger charge is -2.05. The van der Waals surface area contributed by atoms with E-state index >= 15 is 0 Å². The first-order valence-electron chi connectivity index (χ1n) is 4.93. The Morgan fingerprint density at radius 2 is 1.87 bits per heavy atom. The van der Waals surface area contributed by atoms with E-state index in [1.165, 1.54) is 0 Å². The topological polar surface area (TPSA) is 72.2 Å². The van der Waals surface area contributed by atoms with Gasteiger partial charge in [0.25, 0.3) is 0 Å². The van der Waals surface area contributed by atoms with Crippen molar-refractivity contribution in [1.82, 2.24) is 4.72 Å². The molecule has 5 heteroatoms. The van der Waals surface area contributed by atoms with Crippen LogP contribution in [-0.2, 0) is 16.6 Å². The Bertz CT molecular complexity index is 435. The number of sulfonamides is 1. The number of hydrogen-bond donors (Lipinski definition) is 2. The van der Waals surface area contributed by atoms with Gasteiger partial charge in [0.05, 0.1) is 4.90 Å². The summed E-state index contributed by atoms with van der Waals surface area (Å²) in [5.41, 5.74) is 6.37. The van der Waals surface area contributed by atoms with E-state index in [9.17, 15) is 8.42 Å². The molecule has 0 unspecified atom stereocenters. The fourth-order valence-electron chi connectivity index (χ4n) is 1.29. The first-order chi connectivity index (χ1) is 7.12. The van der Waals surface area contributed by atoms with Gasteiger partial charge >= 0.3 is 0 Å². The monoisotopic (exact) mass is 226 g/mol. The molecule has 0 atom stereocenters. The molecule has 82 valence electrons. The Morgan fingerprint density at radius 3 is 2.33 bits per heavy atom. The maximum Gasteiger partial charge on any atom is 0.240 e. The fraction of sp³-hybridized carbons (Fsp3) is 0.400. The van der Waals surface area contributed by atoms with Gasteiger partial charge in [-0.3, -0.25) is 0 Å². The number of nitrogens with one attached hydrogen (secondary N) is 1. The van der Waals surface area contributed by atoms with Gasteiger partial charge in [0.1, 0.15) is 0 Å². The van der Waals surface area contributed by atoms with Crippen molar-refractivity contribution < 1.29 is 8.42 Å². The molecule has 0 saturated heterocycles. The molecule has 0 amide bonds. The predicted molar refractivity (Wildman–Crippen MR) is 57.7 cm³/mol. The summed E-state index contributed by atoms with van der Waals surface area (Å²) in [6, 6.07) is 6.80. The van der Waals surface area contributed by atoms with Crippen molar-refractivity contribution in [3.8, 4) is 0 Å². The summed E-state index contributed by atoms with van der Waals surface area (Å²) >= 11 is 0. The van der Waals surface area contributed by atoms with Gasteiger partial charge in [0.2, 0.25) is 10.0 Å². The van der Waals surface area contributed by atoms with Crippen molar-refractivity contribution in [3.63, 3.8) is 0 Å².